The summed E-state index contributed by atoms with van der Waals surface area (Å²) in [6, 6.07) is 6.49. The molecule has 4 nitrogen and oxygen atoms in total. The van der Waals surface area contributed by atoms with E-state index in [1.165, 1.54) is 7.11 Å². The summed E-state index contributed by atoms with van der Waals surface area (Å²) in [5.74, 6) is 0.0907. The minimum Gasteiger partial charge on any atom is -0.479 e. The zero-order valence-corrected chi connectivity index (χ0v) is 8.60. The Bertz CT molecular complexity index is 342. The Morgan fingerprint density at radius 3 is 2.40 bits per heavy atom. The van der Waals surface area contributed by atoms with E-state index in [2.05, 4.69) is 4.74 Å². The molecule has 0 aliphatic carbocycles. The Hall–Kier alpha value is -1.84. The molecule has 0 saturated heterocycles. The number of methoxy groups -OCH3 is 1. The van der Waals surface area contributed by atoms with Gasteiger partial charge in [0.05, 0.1) is 7.11 Å². The molecule has 0 aliphatic rings. The highest BCUT2D eigenvalue weighted by atomic mass is 16.6. The molecule has 0 N–H and O–H groups in total. The zero-order valence-electron chi connectivity index (χ0n) is 8.60. The van der Waals surface area contributed by atoms with Crippen molar-refractivity contribution in [2.24, 2.45) is 0 Å². The summed E-state index contributed by atoms with van der Waals surface area (Å²) in [5, 5.41) is 0. The van der Waals surface area contributed by atoms with Crippen LogP contribution in [-0.4, -0.2) is 25.5 Å². The lowest BCUT2D eigenvalue weighted by molar-refractivity contribution is -0.147. The molecule has 0 aliphatic heterocycles. The van der Waals surface area contributed by atoms with Gasteiger partial charge in [-0.2, -0.15) is 0 Å². The van der Waals surface area contributed by atoms with Crippen LogP contribution in [0.4, 0.5) is 0 Å². The van der Waals surface area contributed by atoms with E-state index >= 15 is 0 Å². The molecular formula is C11H12O4. The van der Waals surface area contributed by atoms with E-state index in [0.29, 0.717) is 11.3 Å². The van der Waals surface area contributed by atoms with Crippen molar-refractivity contribution in [3.05, 3.63) is 29.8 Å². The molecule has 4 heteroatoms. The summed E-state index contributed by atoms with van der Waals surface area (Å²) in [4.78, 5) is 21.4. The second-order valence-electron chi connectivity index (χ2n) is 2.97. The summed E-state index contributed by atoms with van der Waals surface area (Å²) in [6.45, 7) is 1.60. The number of aldehydes is 1. The molecule has 80 valence electrons. The lowest BCUT2D eigenvalue weighted by Gasteiger charge is -2.11. The first-order chi connectivity index (χ1) is 7.17. The van der Waals surface area contributed by atoms with Crippen LogP contribution in [0.5, 0.6) is 5.75 Å². The molecule has 0 unspecified atom stereocenters. The molecule has 15 heavy (non-hydrogen) atoms. The molecule has 1 atom stereocenters. The third-order valence-corrected chi connectivity index (χ3v) is 1.86. The van der Waals surface area contributed by atoms with E-state index < -0.39 is 12.1 Å². The van der Waals surface area contributed by atoms with Gasteiger partial charge in [0.25, 0.3) is 0 Å². The van der Waals surface area contributed by atoms with Crippen LogP contribution < -0.4 is 4.74 Å². The number of esters is 1. The zero-order chi connectivity index (χ0) is 11.3. The highest BCUT2D eigenvalue weighted by molar-refractivity contribution is 5.75. The summed E-state index contributed by atoms with van der Waals surface area (Å²) in [6.07, 6.45) is 0.0881. The molecule has 1 aromatic rings. The van der Waals surface area contributed by atoms with Crippen molar-refractivity contribution in [2.45, 2.75) is 13.0 Å². The monoisotopic (exact) mass is 208 g/mol. The topological polar surface area (TPSA) is 52.6 Å². The van der Waals surface area contributed by atoms with Gasteiger partial charge in [0.15, 0.2) is 6.10 Å². The van der Waals surface area contributed by atoms with Gasteiger partial charge in [0.1, 0.15) is 12.0 Å². The Morgan fingerprint density at radius 1 is 1.33 bits per heavy atom. The Balaban J connectivity index is 2.64. The van der Waals surface area contributed by atoms with E-state index in [1.807, 2.05) is 0 Å². The van der Waals surface area contributed by atoms with Crippen LogP contribution in [0.25, 0.3) is 0 Å². The lowest BCUT2D eigenvalue weighted by atomic mass is 10.2. The normalized spacial score (nSPS) is 11.6. The van der Waals surface area contributed by atoms with Gasteiger partial charge in [-0.05, 0) is 31.2 Å². The predicted molar refractivity (Wildman–Crippen MR) is 53.9 cm³/mol. The maximum atomic E-state index is 11.0. The Kier molecular flexibility index (Phi) is 3.85. The van der Waals surface area contributed by atoms with Crippen LogP contribution >= 0.6 is 0 Å². The van der Waals surface area contributed by atoms with Crippen molar-refractivity contribution in [1.29, 1.82) is 0 Å². The molecule has 0 amide bonds. The van der Waals surface area contributed by atoms with Crippen LogP contribution in [0.2, 0.25) is 0 Å². The molecule has 1 aromatic carbocycles. The number of hydrogen-bond acceptors (Lipinski definition) is 4. The second-order valence-corrected chi connectivity index (χ2v) is 2.97. The SMILES string of the molecule is COC(=O)[C@H](C)Oc1ccc(C=O)cc1. The largest absolute Gasteiger partial charge is 0.479 e. The number of carbonyl (C=O) groups is 2. The summed E-state index contributed by atoms with van der Waals surface area (Å²) in [5.41, 5.74) is 0.563. The number of hydrogen-bond donors (Lipinski definition) is 0. The predicted octanol–water partition coefficient (Wildman–Crippen LogP) is 1.44. The average molecular weight is 208 g/mol. The third kappa shape index (κ3) is 3.09. The van der Waals surface area contributed by atoms with E-state index in [9.17, 15) is 9.59 Å². The first kappa shape index (κ1) is 11.2. The smallest absolute Gasteiger partial charge is 0.346 e. The first-order valence-corrected chi connectivity index (χ1v) is 4.47. The van der Waals surface area contributed by atoms with Crippen molar-refractivity contribution in [3.8, 4) is 5.75 Å². The standard InChI is InChI=1S/C11H12O4/c1-8(11(13)14-2)15-10-5-3-9(7-12)4-6-10/h3-8H,1-2H3/t8-/m0/s1. The number of benzene rings is 1. The van der Waals surface area contributed by atoms with E-state index in [-0.39, 0.29) is 0 Å². The van der Waals surface area contributed by atoms with Crippen LogP contribution in [-0.2, 0) is 9.53 Å². The fourth-order valence-electron chi connectivity index (χ4n) is 1.04. The maximum absolute atomic E-state index is 11.0. The highest BCUT2D eigenvalue weighted by Gasteiger charge is 2.14. The number of rotatable bonds is 4. The summed E-state index contributed by atoms with van der Waals surface area (Å²) < 4.78 is 9.79. The van der Waals surface area contributed by atoms with Gasteiger partial charge >= 0.3 is 5.97 Å². The highest BCUT2D eigenvalue weighted by Crippen LogP contribution is 2.13. The van der Waals surface area contributed by atoms with E-state index in [1.54, 1.807) is 31.2 Å². The quantitative estimate of drug-likeness (QED) is 0.555. The third-order valence-electron chi connectivity index (χ3n) is 1.86. The van der Waals surface area contributed by atoms with Gasteiger partial charge < -0.3 is 9.47 Å². The van der Waals surface area contributed by atoms with Gasteiger partial charge in [-0.15, -0.1) is 0 Å². The van der Waals surface area contributed by atoms with Gasteiger partial charge in [-0.3, -0.25) is 4.79 Å². The van der Waals surface area contributed by atoms with E-state index in [4.69, 9.17) is 4.74 Å². The summed E-state index contributed by atoms with van der Waals surface area (Å²) >= 11 is 0. The fourth-order valence-corrected chi connectivity index (χ4v) is 1.04. The van der Waals surface area contributed by atoms with Gasteiger partial charge in [-0.1, -0.05) is 0 Å². The molecule has 0 aromatic heterocycles. The lowest BCUT2D eigenvalue weighted by Crippen LogP contribution is -2.24. The van der Waals surface area contributed by atoms with Gasteiger partial charge in [0.2, 0.25) is 0 Å². The minimum atomic E-state index is -0.655. The molecule has 1 rings (SSSR count). The van der Waals surface area contributed by atoms with Crippen molar-refractivity contribution < 1.29 is 19.1 Å². The minimum absolute atomic E-state index is 0.436. The molecular weight excluding hydrogens is 196 g/mol. The number of ether oxygens (including phenoxy) is 2. The average Bonchev–Trinajstić information content (AvgIpc) is 2.29. The molecule has 0 fully saturated rings. The second kappa shape index (κ2) is 5.14. The van der Waals surface area contributed by atoms with Crippen LogP contribution in [0.1, 0.15) is 17.3 Å². The van der Waals surface area contributed by atoms with E-state index in [0.717, 1.165) is 6.29 Å². The summed E-state index contributed by atoms with van der Waals surface area (Å²) in [7, 11) is 1.30. The first-order valence-electron chi connectivity index (χ1n) is 4.47. The maximum Gasteiger partial charge on any atom is 0.346 e. The van der Waals surface area contributed by atoms with Crippen molar-refractivity contribution in [1.82, 2.24) is 0 Å². The van der Waals surface area contributed by atoms with Crippen LogP contribution in [0.15, 0.2) is 24.3 Å². The van der Waals surface area contributed by atoms with Gasteiger partial charge in [0, 0.05) is 5.56 Å². The van der Waals surface area contributed by atoms with Crippen molar-refractivity contribution in [3.63, 3.8) is 0 Å². The van der Waals surface area contributed by atoms with Crippen molar-refractivity contribution in [2.75, 3.05) is 7.11 Å². The molecule has 0 radical (unpaired) electrons. The van der Waals surface area contributed by atoms with Crippen molar-refractivity contribution >= 4 is 12.3 Å². The molecule has 0 bridgehead atoms. The van der Waals surface area contributed by atoms with Gasteiger partial charge in [-0.25, -0.2) is 4.79 Å². The molecule has 0 heterocycles. The van der Waals surface area contributed by atoms with Crippen LogP contribution in [0, 0.1) is 0 Å². The molecule has 0 spiro atoms. The fraction of sp³-hybridized carbons (Fsp3) is 0.273. The Labute approximate surface area is 87.8 Å². The van der Waals surface area contributed by atoms with Crippen LogP contribution in [0.3, 0.4) is 0 Å². The molecule has 0 saturated carbocycles. The number of carbonyl (C=O) groups excluding carboxylic acids is 2. The Morgan fingerprint density at radius 2 is 1.93 bits per heavy atom.